The number of aromatic nitrogens is 2. The Morgan fingerprint density at radius 2 is 1.86 bits per heavy atom. The number of fused-ring (bicyclic) bond motifs is 1. The lowest BCUT2D eigenvalue weighted by Crippen LogP contribution is -2.26. The van der Waals surface area contributed by atoms with Crippen molar-refractivity contribution in [3.05, 3.63) is 76.3 Å². The van der Waals surface area contributed by atoms with Crippen molar-refractivity contribution in [2.24, 2.45) is 0 Å². The summed E-state index contributed by atoms with van der Waals surface area (Å²) in [5.41, 5.74) is 4.69. The molecule has 4 rings (SSSR count). The monoisotopic (exact) mass is 528 g/mol. The molecule has 0 bridgehead atoms. The Morgan fingerprint density at radius 1 is 1.14 bits per heavy atom. The fraction of sp³-hybridized carbons (Fsp3) is 0.231. The van der Waals surface area contributed by atoms with Gasteiger partial charge in [-0.3, -0.25) is 9.63 Å². The number of hydrogen-bond acceptors (Lipinski definition) is 7. The lowest BCUT2D eigenvalue weighted by molar-refractivity contribution is 0.0169. The lowest BCUT2D eigenvalue weighted by Gasteiger charge is -2.16. The number of carbonyl (C=O) groups is 1. The van der Waals surface area contributed by atoms with Crippen molar-refractivity contribution >= 4 is 39.9 Å². The average Bonchev–Trinajstić information content (AvgIpc) is 3.29. The minimum atomic E-state index is -0.733. The first-order valence-electron chi connectivity index (χ1n) is 11.3. The zero-order valence-electron chi connectivity index (χ0n) is 20.5. The van der Waals surface area contributed by atoms with Gasteiger partial charge in [-0.1, -0.05) is 17.7 Å². The molecule has 0 spiro atoms. The van der Waals surface area contributed by atoms with E-state index in [1.807, 2.05) is 25.1 Å². The summed E-state index contributed by atoms with van der Waals surface area (Å²) in [6.07, 6.45) is 1.49. The number of aliphatic hydroxyl groups excluding tert-OH is 1. The van der Waals surface area contributed by atoms with Crippen LogP contribution in [0, 0.1) is 12.7 Å². The maximum atomic E-state index is 15.9. The van der Waals surface area contributed by atoms with Gasteiger partial charge in [-0.15, -0.1) is 0 Å². The zero-order valence-corrected chi connectivity index (χ0v) is 21.2. The van der Waals surface area contributed by atoms with Gasteiger partial charge < -0.3 is 24.5 Å². The molecule has 0 aliphatic rings. The molecule has 3 N–H and O–H groups in total. The van der Waals surface area contributed by atoms with E-state index in [0.29, 0.717) is 34.3 Å². The quantitative estimate of drug-likeness (QED) is 0.204. The highest BCUT2D eigenvalue weighted by molar-refractivity contribution is 6.33. The van der Waals surface area contributed by atoms with Crippen LogP contribution in [0.4, 0.5) is 15.8 Å². The predicted octanol–water partition coefficient (Wildman–Crippen LogP) is 4.60. The van der Waals surface area contributed by atoms with Crippen LogP contribution in [0.25, 0.3) is 11.0 Å². The average molecular weight is 529 g/mol. The van der Waals surface area contributed by atoms with E-state index < -0.39 is 11.7 Å². The van der Waals surface area contributed by atoms with Crippen LogP contribution < -0.4 is 20.3 Å². The number of anilines is 2. The number of aliphatic hydroxyl groups is 1. The molecule has 194 valence electrons. The molecule has 0 atom stereocenters. The van der Waals surface area contributed by atoms with Crippen LogP contribution >= 0.6 is 11.6 Å². The molecule has 0 saturated heterocycles. The van der Waals surface area contributed by atoms with Crippen LogP contribution in [0.5, 0.6) is 11.5 Å². The summed E-state index contributed by atoms with van der Waals surface area (Å²) >= 11 is 6.35. The minimum Gasteiger partial charge on any atom is -0.497 e. The number of methoxy groups -OCH3 is 2. The van der Waals surface area contributed by atoms with Gasteiger partial charge in [0.2, 0.25) is 0 Å². The number of ether oxygens (including phenoxy) is 2. The summed E-state index contributed by atoms with van der Waals surface area (Å²) in [7, 11) is 3.11. The number of aryl methyl sites for hydroxylation is 1. The third kappa shape index (κ3) is 5.77. The largest absolute Gasteiger partial charge is 0.497 e. The van der Waals surface area contributed by atoms with Gasteiger partial charge in [0, 0.05) is 12.6 Å². The maximum absolute atomic E-state index is 15.9. The van der Waals surface area contributed by atoms with E-state index in [1.165, 1.54) is 12.4 Å². The summed E-state index contributed by atoms with van der Waals surface area (Å²) in [6, 6.07) is 12.2. The predicted molar refractivity (Wildman–Crippen MR) is 138 cm³/mol. The molecular formula is C26H26ClFN4O5. The number of imidazole rings is 1. The van der Waals surface area contributed by atoms with E-state index in [1.54, 1.807) is 37.0 Å². The van der Waals surface area contributed by atoms with Gasteiger partial charge >= 0.3 is 0 Å². The fourth-order valence-electron chi connectivity index (χ4n) is 3.81. The van der Waals surface area contributed by atoms with Crippen LogP contribution in [-0.4, -0.2) is 48.0 Å². The molecule has 37 heavy (non-hydrogen) atoms. The Hall–Kier alpha value is -3.86. The molecule has 9 nitrogen and oxygen atoms in total. The fourth-order valence-corrected chi connectivity index (χ4v) is 4.10. The molecule has 0 unspecified atom stereocenters. The summed E-state index contributed by atoms with van der Waals surface area (Å²) in [6.45, 7) is 1.76. The van der Waals surface area contributed by atoms with Crippen molar-refractivity contribution < 1.29 is 28.6 Å². The first-order valence-corrected chi connectivity index (χ1v) is 11.7. The van der Waals surface area contributed by atoms with Crippen LogP contribution in [0.3, 0.4) is 0 Å². The van der Waals surface area contributed by atoms with Crippen molar-refractivity contribution in [3.8, 4) is 11.5 Å². The van der Waals surface area contributed by atoms with Crippen molar-refractivity contribution in [1.82, 2.24) is 15.0 Å². The normalized spacial score (nSPS) is 11.0. The molecule has 11 heteroatoms. The van der Waals surface area contributed by atoms with Gasteiger partial charge in [-0.25, -0.2) is 14.9 Å². The van der Waals surface area contributed by atoms with E-state index in [9.17, 15) is 4.79 Å². The summed E-state index contributed by atoms with van der Waals surface area (Å²) in [5, 5.41) is 12.3. The molecule has 0 saturated carbocycles. The van der Waals surface area contributed by atoms with E-state index >= 15 is 4.39 Å². The minimum absolute atomic E-state index is 0.0374. The SMILES string of the molecule is COc1cc(Cn2cnc3c(F)c(Nc4ccc(C)cc4Cl)c(C(=O)NOCCO)cc32)cc(OC)c1. The molecule has 0 aliphatic carbocycles. The van der Waals surface area contributed by atoms with E-state index in [-0.39, 0.29) is 30.0 Å². The Bertz CT molecular complexity index is 1420. The highest BCUT2D eigenvalue weighted by Gasteiger charge is 2.23. The van der Waals surface area contributed by atoms with Crippen LogP contribution in [0.2, 0.25) is 5.02 Å². The molecule has 0 aliphatic heterocycles. The van der Waals surface area contributed by atoms with Gasteiger partial charge in [0.25, 0.3) is 5.91 Å². The van der Waals surface area contributed by atoms with Gasteiger partial charge in [-0.05, 0) is 48.4 Å². The van der Waals surface area contributed by atoms with Gasteiger partial charge in [0.1, 0.15) is 17.0 Å². The van der Waals surface area contributed by atoms with Crippen molar-refractivity contribution in [3.63, 3.8) is 0 Å². The highest BCUT2D eigenvalue weighted by atomic mass is 35.5. The van der Waals surface area contributed by atoms with Crippen LogP contribution in [0.15, 0.2) is 48.8 Å². The molecule has 4 aromatic rings. The molecule has 1 heterocycles. The number of amides is 1. The molecule has 3 aromatic carbocycles. The second-order valence-corrected chi connectivity index (χ2v) is 8.59. The Labute approximate surface area is 217 Å². The number of hydroxylamine groups is 1. The highest BCUT2D eigenvalue weighted by Crippen LogP contribution is 2.34. The maximum Gasteiger partial charge on any atom is 0.277 e. The van der Waals surface area contributed by atoms with Crippen LogP contribution in [-0.2, 0) is 11.4 Å². The Balaban J connectivity index is 1.80. The standard InChI is InChI=1S/C26H26ClFN4O5/c1-15-4-5-21(20(27)8-15)30-24-19(26(34)31-37-7-6-33)12-22-25(23(24)28)29-14-32(22)13-16-9-17(35-2)11-18(10-16)36-3/h4-5,8-12,14,30,33H,6-7,13H2,1-3H3,(H,31,34). The van der Waals surface area contributed by atoms with Crippen molar-refractivity contribution in [2.45, 2.75) is 13.5 Å². The van der Waals surface area contributed by atoms with Crippen LogP contribution in [0.1, 0.15) is 21.5 Å². The molecule has 0 fully saturated rings. The van der Waals surface area contributed by atoms with Gasteiger partial charge in [-0.2, -0.15) is 0 Å². The summed E-state index contributed by atoms with van der Waals surface area (Å²) in [4.78, 5) is 22.3. The van der Waals surface area contributed by atoms with E-state index in [0.717, 1.165) is 11.1 Å². The van der Waals surface area contributed by atoms with Crippen molar-refractivity contribution in [2.75, 3.05) is 32.8 Å². The Kier molecular flexibility index (Phi) is 8.12. The van der Waals surface area contributed by atoms with Crippen molar-refractivity contribution in [1.29, 1.82) is 0 Å². The third-order valence-electron chi connectivity index (χ3n) is 5.61. The second-order valence-electron chi connectivity index (χ2n) is 8.19. The summed E-state index contributed by atoms with van der Waals surface area (Å²) < 4.78 is 28.3. The molecular weight excluding hydrogens is 503 g/mol. The van der Waals surface area contributed by atoms with E-state index in [2.05, 4.69) is 15.8 Å². The molecule has 1 amide bonds. The molecule has 1 aromatic heterocycles. The molecule has 0 radical (unpaired) electrons. The van der Waals surface area contributed by atoms with Gasteiger partial charge in [0.15, 0.2) is 5.82 Å². The number of nitrogens with one attached hydrogen (secondary N) is 2. The topological polar surface area (TPSA) is 107 Å². The first kappa shape index (κ1) is 26.2. The number of benzene rings is 3. The number of rotatable bonds is 10. The lowest BCUT2D eigenvalue weighted by atomic mass is 10.1. The number of carbonyl (C=O) groups excluding carboxylic acids is 1. The Morgan fingerprint density at radius 3 is 2.51 bits per heavy atom. The first-order chi connectivity index (χ1) is 17.8. The number of nitrogens with zero attached hydrogens (tertiary/aromatic N) is 2. The van der Waals surface area contributed by atoms with E-state index in [4.69, 9.17) is 31.0 Å². The number of halogens is 2. The number of hydrogen-bond donors (Lipinski definition) is 3. The summed E-state index contributed by atoms with van der Waals surface area (Å²) in [5.74, 6) is -0.237. The smallest absolute Gasteiger partial charge is 0.277 e. The second kappa shape index (κ2) is 11.5. The third-order valence-corrected chi connectivity index (χ3v) is 5.92. The van der Waals surface area contributed by atoms with Gasteiger partial charge in [0.05, 0.1) is 61.2 Å². The zero-order chi connectivity index (χ0) is 26.5.